The van der Waals surface area contributed by atoms with Crippen molar-refractivity contribution in [2.24, 2.45) is 7.05 Å². The highest BCUT2D eigenvalue weighted by Gasteiger charge is 2.25. The molecule has 1 aliphatic rings. The van der Waals surface area contributed by atoms with Crippen LogP contribution in [0.2, 0.25) is 0 Å². The number of piperazine rings is 1. The molecule has 0 bridgehead atoms. The summed E-state index contributed by atoms with van der Waals surface area (Å²) in [5.74, 6) is 1.13. The van der Waals surface area contributed by atoms with Gasteiger partial charge in [0.25, 0.3) is 0 Å². The van der Waals surface area contributed by atoms with E-state index in [1.165, 1.54) is 0 Å². The van der Waals surface area contributed by atoms with Crippen molar-refractivity contribution in [2.45, 2.75) is 6.04 Å². The molecule has 82 valence electrons. The molecule has 0 aromatic carbocycles. The topological polar surface area (TPSA) is 33.1 Å². The van der Waals surface area contributed by atoms with Gasteiger partial charge in [-0.3, -0.25) is 4.90 Å². The molecule has 1 N–H and O–H groups in total. The molecule has 4 nitrogen and oxygen atoms in total. The maximum atomic E-state index is 4.42. The Hall–Kier alpha value is -1.13. The smallest absolute Gasteiger partial charge is 0.127 e. The molecule has 0 saturated carbocycles. The fraction of sp³-hybridized carbons (Fsp3) is 0.545. The summed E-state index contributed by atoms with van der Waals surface area (Å²) in [4.78, 5) is 6.83. The second-order valence-electron chi connectivity index (χ2n) is 3.90. The molecule has 1 saturated heterocycles. The Morgan fingerprint density at radius 3 is 3.27 bits per heavy atom. The SMILES string of the molecule is C=CCN1CCNCC1c1nccn1C. The van der Waals surface area contributed by atoms with Crippen LogP contribution in [0.5, 0.6) is 0 Å². The molecule has 1 unspecified atom stereocenters. The van der Waals surface area contributed by atoms with Crippen molar-refractivity contribution in [2.75, 3.05) is 26.2 Å². The summed E-state index contributed by atoms with van der Waals surface area (Å²) >= 11 is 0. The number of aryl methyl sites for hydroxylation is 1. The van der Waals surface area contributed by atoms with E-state index >= 15 is 0 Å². The summed E-state index contributed by atoms with van der Waals surface area (Å²) in [6, 6.07) is 0.372. The summed E-state index contributed by atoms with van der Waals surface area (Å²) < 4.78 is 2.09. The minimum atomic E-state index is 0.372. The Kier molecular flexibility index (Phi) is 3.18. The molecule has 2 rings (SSSR count). The van der Waals surface area contributed by atoms with E-state index in [2.05, 4.69) is 26.3 Å². The monoisotopic (exact) mass is 206 g/mol. The minimum Gasteiger partial charge on any atom is -0.337 e. The van der Waals surface area contributed by atoms with Gasteiger partial charge in [0, 0.05) is 45.6 Å². The molecule has 1 aliphatic heterocycles. The van der Waals surface area contributed by atoms with Crippen LogP contribution in [0, 0.1) is 0 Å². The number of aromatic nitrogens is 2. The lowest BCUT2D eigenvalue weighted by atomic mass is 10.2. The third-order valence-corrected chi connectivity index (χ3v) is 2.87. The van der Waals surface area contributed by atoms with Crippen LogP contribution in [0.25, 0.3) is 0 Å². The van der Waals surface area contributed by atoms with Gasteiger partial charge in [-0.15, -0.1) is 6.58 Å². The van der Waals surface area contributed by atoms with Crippen LogP contribution in [0.1, 0.15) is 11.9 Å². The molecule has 1 aromatic rings. The first-order chi connectivity index (χ1) is 7.33. The summed E-state index contributed by atoms with van der Waals surface area (Å²) in [6.07, 6.45) is 5.81. The Bertz CT molecular complexity index is 331. The lowest BCUT2D eigenvalue weighted by Crippen LogP contribution is -2.46. The quantitative estimate of drug-likeness (QED) is 0.733. The molecule has 2 heterocycles. The predicted octanol–water partition coefficient (Wildman–Crippen LogP) is 0.552. The number of nitrogens with zero attached hydrogens (tertiary/aromatic N) is 3. The third kappa shape index (κ3) is 2.11. The van der Waals surface area contributed by atoms with Gasteiger partial charge >= 0.3 is 0 Å². The second kappa shape index (κ2) is 4.59. The molecule has 1 atom stereocenters. The highest BCUT2D eigenvalue weighted by atomic mass is 15.2. The third-order valence-electron chi connectivity index (χ3n) is 2.87. The first kappa shape index (κ1) is 10.4. The van der Waals surface area contributed by atoms with Crippen LogP contribution in [0.15, 0.2) is 25.0 Å². The number of hydrogen-bond acceptors (Lipinski definition) is 3. The molecule has 4 heteroatoms. The van der Waals surface area contributed by atoms with Gasteiger partial charge in [0.1, 0.15) is 5.82 Å². The predicted molar refractivity (Wildman–Crippen MR) is 60.6 cm³/mol. The molecule has 0 radical (unpaired) electrons. The van der Waals surface area contributed by atoms with Crippen molar-refractivity contribution in [3.05, 3.63) is 30.9 Å². The van der Waals surface area contributed by atoms with Gasteiger partial charge < -0.3 is 9.88 Å². The second-order valence-corrected chi connectivity index (χ2v) is 3.90. The lowest BCUT2D eigenvalue weighted by molar-refractivity contribution is 0.170. The van der Waals surface area contributed by atoms with Gasteiger partial charge in [0.05, 0.1) is 6.04 Å². The summed E-state index contributed by atoms with van der Waals surface area (Å²) in [6.45, 7) is 7.81. The van der Waals surface area contributed by atoms with Crippen molar-refractivity contribution in [1.82, 2.24) is 19.8 Å². The zero-order valence-corrected chi connectivity index (χ0v) is 9.19. The van der Waals surface area contributed by atoms with Crippen LogP contribution in [0.4, 0.5) is 0 Å². The van der Waals surface area contributed by atoms with E-state index in [0.29, 0.717) is 6.04 Å². The van der Waals surface area contributed by atoms with Gasteiger partial charge in [-0.2, -0.15) is 0 Å². The van der Waals surface area contributed by atoms with Crippen LogP contribution < -0.4 is 5.32 Å². The fourth-order valence-electron chi connectivity index (χ4n) is 2.08. The van der Waals surface area contributed by atoms with Gasteiger partial charge in [0.15, 0.2) is 0 Å². The van der Waals surface area contributed by atoms with Crippen molar-refractivity contribution in [1.29, 1.82) is 0 Å². The standard InChI is InChI=1S/C11H18N4/c1-3-6-15-8-4-12-9-10(15)11-13-5-7-14(11)2/h3,5,7,10,12H,1,4,6,8-9H2,2H3. The normalized spacial score (nSPS) is 22.9. The van der Waals surface area contributed by atoms with Crippen LogP contribution in [-0.2, 0) is 7.05 Å². The van der Waals surface area contributed by atoms with Gasteiger partial charge in [-0.05, 0) is 0 Å². The number of nitrogens with one attached hydrogen (secondary N) is 1. The van der Waals surface area contributed by atoms with Crippen LogP contribution in [-0.4, -0.2) is 40.6 Å². The van der Waals surface area contributed by atoms with E-state index in [0.717, 1.165) is 32.0 Å². The molecular formula is C11H18N4. The molecule has 0 amide bonds. The van der Waals surface area contributed by atoms with Crippen molar-refractivity contribution >= 4 is 0 Å². The van der Waals surface area contributed by atoms with Crippen molar-refractivity contribution in [3.63, 3.8) is 0 Å². The molecule has 0 aliphatic carbocycles. The van der Waals surface area contributed by atoms with E-state index < -0.39 is 0 Å². The Morgan fingerprint density at radius 1 is 1.73 bits per heavy atom. The van der Waals surface area contributed by atoms with E-state index in [4.69, 9.17) is 0 Å². The van der Waals surface area contributed by atoms with Gasteiger partial charge in [-0.25, -0.2) is 4.98 Å². The molecule has 1 fully saturated rings. The Morgan fingerprint density at radius 2 is 2.60 bits per heavy atom. The Balaban J connectivity index is 2.17. The lowest BCUT2D eigenvalue weighted by Gasteiger charge is -2.34. The van der Waals surface area contributed by atoms with Crippen LogP contribution in [0.3, 0.4) is 0 Å². The van der Waals surface area contributed by atoms with Crippen molar-refractivity contribution < 1.29 is 0 Å². The molecular weight excluding hydrogens is 188 g/mol. The largest absolute Gasteiger partial charge is 0.337 e. The fourth-order valence-corrected chi connectivity index (χ4v) is 2.08. The highest BCUT2D eigenvalue weighted by Crippen LogP contribution is 2.19. The van der Waals surface area contributed by atoms with E-state index in [9.17, 15) is 0 Å². The van der Waals surface area contributed by atoms with Crippen LogP contribution >= 0.6 is 0 Å². The maximum absolute atomic E-state index is 4.42. The highest BCUT2D eigenvalue weighted by molar-refractivity contribution is 5.02. The average Bonchev–Trinajstić information content (AvgIpc) is 2.66. The average molecular weight is 206 g/mol. The number of rotatable bonds is 3. The minimum absolute atomic E-state index is 0.372. The maximum Gasteiger partial charge on any atom is 0.127 e. The zero-order chi connectivity index (χ0) is 10.7. The van der Waals surface area contributed by atoms with E-state index in [-0.39, 0.29) is 0 Å². The zero-order valence-electron chi connectivity index (χ0n) is 9.19. The van der Waals surface area contributed by atoms with Crippen molar-refractivity contribution in [3.8, 4) is 0 Å². The molecule has 15 heavy (non-hydrogen) atoms. The number of hydrogen-bond donors (Lipinski definition) is 1. The Labute approximate surface area is 90.6 Å². The van der Waals surface area contributed by atoms with Gasteiger partial charge in [0.2, 0.25) is 0 Å². The summed E-state index contributed by atoms with van der Waals surface area (Å²) in [5, 5.41) is 3.41. The van der Waals surface area contributed by atoms with E-state index in [1.54, 1.807) is 0 Å². The first-order valence-corrected chi connectivity index (χ1v) is 5.36. The van der Waals surface area contributed by atoms with Gasteiger partial charge in [-0.1, -0.05) is 6.08 Å². The molecule has 0 spiro atoms. The summed E-state index contributed by atoms with van der Waals surface area (Å²) in [5.41, 5.74) is 0. The summed E-state index contributed by atoms with van der Waals surface area (Å²) in [7, 11) is 2.04. The van der Waals surface area contributed by atoms with E-state index in [1.807, 2.05) is 25.5 Å². The molecule has 1 aromatic heterocycles. The first-order valence-electron chi connectivity index (χ1n) is 5.36. The number of imidazole rings is 1.